The van der Waals surface area contributed by atoms with Gasteiger partial charge in [-0.1, -0.05) is 6.07 Å². The summed E-state index contributed by atoms with van der Waals surface area (Å²) in [6.07, 6.45) is 3.21. The lowest BCUT2D eigenvalue weighted by Crippen LogP contribution is -2.44. The number of nitrogens with one attached hydrogen (secondary N) is 1. The van der Waals surface area contributed by atoms with Crippen molar-refractivity contribution in [3.8, 4) is 0 Å². The molecule has 0 saturated carbocycles. The monoisotopic (exact) mass is 273 g/mol. The summed E-state index contributed by atoms with van der Waals surface area (Å²) in [7, 11) is 4.09. The number of likely N-dealkylation sites (tertiary alicyclic amines) is 1. The van der Waals surface area contributed by atoms with E-state index in [-0.39, 0.29) is 5.91 Å². The first-order valence-electron chi connectivity index (χ1n) is 7.47. The zero-order valence-electron chi connectivity index (χ0n) is 12.4. The number of carbonyl (C=O) groups excluding carboxylic acids is 1. The minimum atomic E-state index is 0.149. The maximum Gasteiger partial charge on any atom is 0.253 e. The van der Waals surface area contributed by atoms with Crippen LogP contribution in [0.25, 0.3) is 0 Å². The van der Waals surface area contributed by atoms with Crippen LogP contribution >= 0.6 is 0 Å². The predicted octanol–water partition coefficient (Wildman–Crippen LogP) is 1.82. The summed E-state index contributed by atoms with van der Waals surface area (Å²) < 4.78 is 0. The second-order valence-corrected chi connectivity index (χ2v) is 6.00. The number of rotatable bonds is 2. The van der Waals surface area contributed by atoms with E-state index in [9.17, 15) is 4.79 Å². The van der Waals surface area contributed by atoms with Crippen molar-refractivity contribution in [3.63, 3.8) is 0 Å². The van der Waals surface area contributed by atoms with Crippen molar-refractivity contribution >= 4 is 11.6 Å². The molecular formula is C16H23N3O. The maximum atomic E-state index is 12.6. The molecule has 1 saturated heterocycles. The van der Waals surface area contributed by atoms with Gasteiger partial charge in [0.25, 0.3) is 5.91 Å². The fourth-order valence-electron chi connectivity index (χ4n) is 3.18. The Morgan fingerprint density at radius 3 is 2.85 bits per heavy atom. The molecule has 108 valence electrons. The molecule has 1 aromatic carbocycles. The molecule has 1 amide bonds. The van der Waals surface area contributed by atoms with Crippen molar-refractivity contribution in [2.24, 2.45) is 0 Å². The number of hydrogen-bond donors (Lipinski definition) is 1. The Morgan fingerprint density at radius 1 is 1.35 bits per heavy atom. The van der Waals surface area contributed by atoms with E-state index in [1.165, 1.54) is 5.56 Å². The van der Waals surface area contributed by atoms with Gasteiger partial charge in [-0.05, 0) is 57.1 Å². The topological polar surface area (TPSA) is 35.6 Å². The number of nitrogens with zero attached hydrogens (tertiary/aromatic N) is 2. The number of carbonyl (C=O) groups is 1. The van der Waals surface area contributed by atoms with E-state index in [2.05, 4.69) is 23.3 Å². The number of hydrogen-bond acceptors (Lipinski definition) is 3. The summed E-state index contributed by atoms with van der Waals surface area (Å²) in [5.74, 6) is 0.149. The number of piperidine rings is 1. The van der Waals surface area contributed by atoms with Gasteiger partial charge >= 0.3 is 0 Å². The van der Waals surface area contributed by atoms with Gasteiger partial charge in [-0.3, -0.25) is 4.79 Å². The van der Waals surface area contributed by atoms with Crippen molar-refractivity contribution in [1.82, 2.24) is 9.80 Å². The molecule has 1 aromatic rings. The highest BCUT2D eigenvalue weighted by Crippen LogP contribution is 2.24. The van der Waals surface area contributed by atoms with E-state index in [0.29, 0.717) is 6.04 Å². The molecule has 0 radical (unpaired) electrons. The van der Waals surface area contributed by atoms with Crippen LogP contribution in [-0.4, -0.2) is 55.5 Å². The quantitative estimate of drug-likeness (QED) is 0.893. The van der Waals surface area contributed by atoms with Gasteiger partial charge in [0.1, 0.15) is 0 Å². The molecule has 1 fully saturated rings. The Hall–Kier alpha value is -1.55. The van der Waals surface area contributed by atoms with Crippen LogP contribution in [0, 0.1) is 0 Å². The van der Waals surface area contributed by atoms with E-state index in [1.54, 1.807) is 0 Å². The summed E-state index contributed by atoms with van der Waals surface area (Å²) in [5.41, 5.74) is 3.26. The fraction of sp³-hybridized carbons (Fsp3) is 0.562. The third kappa shape index (κ3) is 2.52. The average Bonchev–Trinajstić information content (AvgIpc) is 2.94. The Balaban J connectivity index is 1.72. The molecule has 0 aromatic heterocycles. The fourth-order valence-corrected chi connectivity index (χ4v) is 3.18. The van der Waals surface area contributed by atoms with Crippen molar-refractivity contribution in [2.75, 3.05) is 39.0 Å². The molecule has 1 N–H and O–H groups in total. The van der Waals surface area contributed by atoms with Crippen LogP contribution in [0.1, 0.15) is 28.8 Å². The second-order valence-electron chi connectivity index (χ2n) is 6.00. The summed E-state index contributed by atoms with van der Waals surface area (Å²) >= 11 is 0. The van der Waals surface area contributed by atoms with Crippen LogP contribution in [0.4, 0.5) is 5.69 Å². The lowest BCUT2D eigenvalue weighted by Gasteiger charge is -2.35. The number of anilines is 1. The summed E-state index contributed by atoms with van der Waals surface area (Å²) in [6, 6.07) is 6.45. The van der Waals surface area contributed by atoms with Gasteiger partial charge in [-0.15, -0.1) is 0 Å². The second kappa shape index (κ2) is 5.44. The summed E-state index contributed by atoms with van der Waals surface area (Å²) in [6.45, 7) is 3.14. The Bertz CT molecular complexity index is 506. The van der Waals surface area contributed by atoms with Gasteiger partial charge in [0, 0.05) is 30.9 Å². The minimum Gasteiger partial charge on any atom is -0.384 e. The van der Waals surface area contributed by atoms with Crippen LogP contribution in [0.5, 0.6) is 0 Å². The zero-order chi connectivity index (χ0) is 14.1. The van der Waals surface area contributed by atoms with E-state index < -0.39 is 0 Å². The Kier molecular flexibility index (Phi) is 3.66. The van der Waals surface area contributed by atoms with Crippen LogP contribution in [-0.2, 0) is 6.42 Å². The smallest absolute Gasteiger partial charge is 0.253 e. The van der Waals surface area contributed by atoms with E-state index in [0.717, 1.165) is 50.1 Å². The van der Waals surface area contributed by atoms with Crippen molar-refractivity contribution in [3.05, 3.63) is 29.3 Å². The molecule has 20 heavy (non-hydrogen) atoms. The number of benzene rings is 1. The molecule has 2 heterocycles. The molecule has 0 atom stereocenters. The molecule has 0 unspecified atom stereocenters. The van der Waals surface area contributed by atoms with E-state index in [4.69, 9.17) is 0 Å². The first kappa shape index (κ1) is 13.4. The van der Waals surface area contributed by atoms with Crippen LogP contribution < -0.4 is 5.32 Å². The van der Waals surface area contributed by atoms with Gasteiger partial charge < -0.3 is 15.1 Å². The standard InChI is InChI=1S/C16H23N3O/c1-18-9-6-14(7-10-18)19(2)16(20)13-4-3-12-5-8-17-15(12)11-13/h3-4,11,14,17H,5-10H2,1-2H3. The molecule has 4 heteroatoms. The van der Waals surface area contributed by atoms with E-state index in [1.807, 2.05) is 24.1 Å². The Morgan fingerprint density at radius 2 is 2.10 bits per heavy atom. The largest absolute Gasteiger partial charge is 0.384 e. The number of fused-ring (bicyclic) bond motifs is 1. The van der Waals surface area contributed by atoms with Gasteiger partial charge in [0.2, 0.25) is 0 Å². The highest BCUT2D eigenvalue weighted by Gasteiger charge is 2.25. The molecule has 3 rings (SSSR count). The van der Waals surface area contributed by atoms with Crippen LogP contribution in [0.15, 0.2) is 18.2 Å². The lowest BCUT2D eigenvalue weighted by atomic mass is 10.0. The highest BCUT2D eigenvalue weighted by molar-refractivity contribution is 5.95. The zero-order valence-corrected chi connectivity index (χ0v) is 12.4. The lowest BCUT2D eigenvalue weighted by molar-refractivity contribution is 0.0659. The minimum absolute atomic E-state index is 0.149. The van der Waals surface area contributed by atoms with Gasteiger partial charge in [-0.2, -0.15) is 0 Å². The van der Waals surface area contributed by atoms with Crippen LogP contribution in [0.2, 0.25) is 0 Å². The molecular weight excluding hydrogens is 250 g/mol. The molecule has 2 aliphatic heterocycles. The van der Waals surface area contributed by atoms with Crippen molar-refractivity contribution in [1.29, 1.82) is 0 Å². The SMILES string of the molecule is CN1CCC(N(C)C(=O)c2ccc3c(c2)NCC3)CC1. The van der Waals surface area contributed by atoms with Gasteiger partial charge in [0.15, 0.2) is 0 Å². The van der Waals surface area contributed by atoms with Crippen LogP contribution in [0.3, 0.4) is 0 Å². The number of amides is 1. The van der Waals surface area contributed by atoms with Crippen molar-refractivity contribution < 1.29 is 4.79 Å². The van der Waals surface area contributed by atoms with Gasteiger partial charge in [0.05, 0.1) is 0 Å². The molecule has 0 bridgehead atoms. The highest BCUT2D eigenvalue weighted by atomic mass is 16.2. The summed E-state index contributed by atoms with van der Waals surface area (Å²) in [4.78, 5) is 16.9. The third-order valence-corrected chi connectivity index (χ3v) is 4.62. The molecule has 2 aliphatic rings. The molecule has 4 nitrogen and oxygen atoms in total. The first-order chi connectivity index (χ1) is 9.65. The van der Waals surface area contributed by atoms with Crippen molar-refractivity contribution in [2.45, 2.75) is 25.3 Å². The average molecular weight is 273 g/mol. The first-order valence-corrected chi connectivity index (χ1v) is 7.47. The Labute approximate surface area is 120 Å². The maximum absolute atomic E-state index is 12.6. The summed E-state index contributed by atoms with van der Waals surface area (Å²) in [5, 5.41) is 3.34. The normalized spacial score (nSPS) is 19.5. The molecule has 0 spiro atoms. The predicted molar refractivity (Wildman–Crippen MR) is 81.2 cm³/mol. The molecule has 0 aliphatic carbocycles. The third-order valence-electron chi connectivity index (χ3n) is 4.62. The van der Waals surface area contributed by atoms with E-state index >= 15 is 0 Å². The van der Waals surface area contributed by atoms with Gasteiger partial charge in [-0.25, -0.2) is 0 Å².